The lowest BCUT2D eigenvalue weighted by Crippen LogP contribution is -2.07. The van der Waals surface area contributed by atoms with Gasteiger partial charge in [0.05, 0.1) is 18.2 Å². The molecule has 1 heterocycles. The van der Waals surface area contributed by atoms with Crippen molar-refractivity contribution >= 4 is 34.8 Å². The molecular formula is C13H15Cl3O2. The molecule has 0 aromatic heterocycles. The van der Waals surface area contributed by atoms with Crippen LogP contribution in [0.15, 0.2) is 6.07 Å². The Morgan fingerprint density at radius 1 is 1.39 bits per heavy atom. The zero-order valence-electron chi connectivity index (χ0n) is 10.1. The molecule has 18 heavy (non-hydrogen) atoms. The van der Waals surface area contributed by atoms with Gasteiger partial charge in [-0.3, -0.25) is 0 Å². The molecule has 0 bridgehead atoms. The van der Waals surface area contributed by atoms with Crippen LogP contribution in [0.5, 0.6) is 5.75 Å². The summed E-state index contributed by atoms with van der Waals surface area (Å²) < 4.78 is 11.1. The summed E-state index contributed by atoms with van der Waals surface area (Å²) in [5.41, 5.74) is 2.12. The summed E-state index contributed by atoms with van der Waals surface area (Å²) in [5, 5.41) is 0.978. The molecule has 0 saturated carbocycles. The number of aryl methyl sites for hydroxylation is 1. The smallest absolute Gasteiger partial charge is 0.139 e. The lowest BCUT2D eigenvalue weighted by molar-refractivity contribution is 0.0547. The molecule has 0 radical (unpaired) electrons. The Hall–Kier alpha value is -0.150. The van der Waals surface area contributed by atoms with Crippen molar-refractivity contribution in [3.05, 3.63) is 27.2 Å². The molecule has 0 N–H and O–H groups in total. The van der Waals surface area contributed by atoms with Crippen molar-refractivity contribution in [1.82, 2.24) is 0 Å². The van der Waals surface area contributed by atoms with Crippen molar-refractivity contribution in [1.29, 1.82) is 0 Å². The minimum Gasteiger partial charge on any atom is -0.495 e. The SMILES string of the molecule is COc1cc2c(c(Cl)c1Cl)C(CCCl)OCCC2. The second kappa shape index (κ2) is 6.33. The maximum atomic E-state index is 6.36. The summed E-state index contributed by atoms with van der Waals surface area (Å²) in [6.07, 6.45) is 2.54. The molecule has 1 aromatic rings. The average Bonchev–Trinajstić information content (AvgIpc) is 2.57. The Kier molecular flexibility index (Phi) is 5.02. The highest BCUT2D eigenvalue weighted by molar-refractivity contribution is 6.43. The number of benzene rings is 1. The van der Waals surface area contributed by atoms with Crippen LogP contribution in [0, 0.1) is 0 Å². The first-order chi connectivity index (χ1) is 8.69. The van der Waals surface area contributed by atoms with Crippen LogP contribution in [-0.2, 0) is 11.2 Å². The Bertz CT molecular complexity index is 435. The second-order valence-corrected chi connectivity index (χ2v) is 5.35. The normalized spacial score (nSPS) is 19.2. The number of methoxy groups -OCH3 is 1. The fraction of sp³-hybridized carbons (Fsp3) is 0.538. The molecule has 0 spiro atoms. The van der Waals surface area contributed by atoms with Gasteiger partial charge in [0.25, 0.3) is 0 Å². The number of hydrogen-bond donors (Lipinski definition) is 0. The van der Waals surface area contributed by atoms with Gasteiger partial charge in [0.2, 0.25) is 0 Å². The van der Waals surface area contributed by atoms with E-state index in [0.717, 1.165) is 30.4 Å². The summed E-state index contributed by atoms with van der Waals surface area (Å²) in [6.45, 7) is 0.715. The van der Waals surface area contributed by atoms with Crippen LogP contribution in [0.25, 0.3) is 0 Å². The Balaban J connectivity index is 2.52. The molecule has 0 amide bonds. The molecule has 100 valence electrons. The highest BCUT2D eigenvalue weighted by Crippen LogP contribution is 2.43. The minimum absolute atomic E-state index is 0.0732. The summed E-state index contributed by atoms with van der Waals surface area (Å²) in [4.78, 5) is 0. The number of ether oxygens (including phenoxy) is 2. The Morgan fingerprint density at radius 2 is 2.17 bits per heavy atom. The molecule has 0 fully saturated rings. The first-order valence-electron chi connectivity index (χ1n) is 5.91. The standard InChI is InChI=1S/C13H15Cl3O2/c1-17-10-7-8-3-2-6-18-9(4-5-14)11(8)13(16)12(10)15/h7,9H,2-6H2,1H3. The average molecular weight is 310 g/mol. The van der Waals surface area contributed by atoms with Gasteiger partial charge in [0.1, 0.15) is 10.8 Å². The molecule has 5 heteroatoms. The van der Waals surface area contributed by atoms with Crippen LogP contribution in [0.3, 0.4) is 0 Å². The zero-order valence-corrected chi connectivity index (χ0v) is 12.4. The van der Waals surface area contributed by atoms with Crippen LogP contribution in [0.1, 0.15) is 30.1 Å². The lowest BCUT2D eigenvalue weighted by Gasteiger charge is -2.20. The fourth-order valence-corrected chi connectivity index (χ4v) is 3.04. The van der Waals surface area contributed by atoms with Gasteiger partial charge in [-0.05, 0) is 30.9 Å². The molecule has 0 aliphatic carbocycles. The minimum atomic E-state index is -0.0732. The number of alkyl halides is 1. The second-order valence-electron chi connectivity index (χ2n) is 4.22. The first kappa shape index (κ1) is 14.3. The third-order valence-corrected chi connectivity index (χ3v) is 4.20. The van der Waals surface area contributed by atoms with Crippen molar-refractivity contribution in [2.45, 2.75) is 25.4 Å². The van der Waals surface area contributed by atoms with Crippen LogP contribution in [-0.4, -0.2) is 19.6 Å². The molecule has 1 aliphatic rings. The molecule has 2 nitrogen and oxygen atoms in total. The van der Waals surface area contributed by atoms with Crippen molar-refractivity contribution in [3.8, 4) is 5.75 Å². The monoisotopic (exact) mass is 308 g/mol. The fourth-order valence-electron chi connectivity index (χ4n) is 2.27. The van der Waals surface area contributed by atoms with E-state index >= 15 is 0 Å². The van der Waals surface area contributed by atoms with Gasteiger partial charge in [-0.25, -0.2) is 0 Å². The molecular weight excluding hydrogens is 295 g/mol. The van der Waals surface area contributed by atoms with E-state index in [1.165, 1.54) is 0 Å². The van der Waals surface area contributed by atoms with Gasteiger partial charge in [-0.1, -0.05) is 23.2 Å². The van der Waals surface area contributed by atoms with Crippen LogP contribution < -0.4 is 4.74 Å². The highest BCUT2D eigenvalue weighted by Gasteiger charge is 2.25. The molecule has 1 unspecified atom stereocenters. The third kappa shape index (κ3) is 2.72. The summed E-state index contributed by atoms with van der Waals surface area (Å²) in [5.74, 6) is 1.15. The number of halogens is 3. The third-order valence-electron chi connectivity index (χ3n) is 3.12. The van der Waals surface area contributed by atoms with Gasteiger partial charge >= 0.3 is 0 Å². The van der Waals surface area contributed by atoms with E-state index in [2.05, 4.69) is 0 Å². The Labute approximate surface area is 122 Å². The van der Waals surface area contributed by atoms with Crippen LogP contribution in [0.4, 0.5) is 0 Å². The van der Waals surface area contributed by atoms with Crippen molar-refractivity contribution in [2.75, 3.05) is 19.6 Å². The van der Waals surface area contributed by atoms with Gasteiger partial charge in [0.15, 0.2) is 0 Å². The lowest BCUT2D eigenvalue weighted by atomic mass is 9.98. The number of rotatable bonds is 3. The molecule has 0 saturated heterocycles. The summed E-state index contributed by atoms with van der Waals surface area (Å²) in [6, 6.07) is 1.96. The van der Waals surface area contributed by atoms with E-state index in [1.807, 2.05) is 6.07 Å². The van der Waals surface area contributed by atoms with Gasteiger partial charge in [0, 0.05) is 18.1 Å². The van der Waals surface area contributed by atoms with E-state index in [4.69, 9.17) is 44.3 Å². The number of hydrogen-bond acceptors (Lipinski definition) is 2. The zero-order chi connectivity index (χ0) is 13.1. The quantitative estimate of drug-likeness (QED) is 0.758. The predicted octanol–water partition coefficient (Wildman–Crippen LogP) is 4.63. The van der Waals surface area contributed by atoms with Crippen molar-refractivity contribution in [3.63, 3.8) is 0 Å². The Morgan fingerprint density at radius 3 is 2.83 bits per heavy atom. The molecule has 1 atom stereocenters. The van der Waals surface area contributed by atoms with E-state index < -0.39 is 0 Å². The maximum Gasteiger partial charge on any atom is 0.139 e. The largest absolute Gasteiger partial charge is 0.495 e. The topological polar surface area (TPSA) is 18.5 Å². The predicted molar refractivity (Wildman–Crippen MR) is 75.4 cm³/mol. The van der Waals surface area contributed by atoms with E-state index in [9.17, 15) is 0 Å². The van der Waals surface area contributed by atoms with Crippen LogP contribution in [0.2, 0.25) is 10.0 Å². The van der Waals surface area contributed by atoms with Gasteiger partial charge in [-0.2, -0.15) is 0 Å². The van der Waals surface area contributed by atoms with Crippen LogP contribution >= 0.6 is 34.8 Å². The first-order valence-corrected chi connectivity index (χ1v) is 7.20. The van der Waals surface area contributed by atoms with Crippen molar-refractivity contribution in [2.24, 2.45) is 0 Å². The summed E-state index contributed by atoms with van der Waals surface area (Å²) in [7, 11) is 1.59. The molecule has 1 aromatic carbocycles. The number of fused-ring (bicyclic) bond motifs is 1. The van der Waals surface area contributed by atoms with Gasteiger partial charge < -0.3 is 9.47 Å². The van der Waals surface area contributed by atoms with E-state index in [-0.39, 0.29) is 6.10 Å². The summed E-state index contributed by atoms with van der Waals surface area (Å²) >= 11 is 18.4. The van der Waals surface area contributed by atoms with Crippen molar-refractivity contribution < 1.29 is 9.47 Å². The highest BCUT2D eigenvalue weighted by atomic mass is 35.5. The maximum absolute atomic E-state index is 6.36. The van der Waals surface area contributed by atoms with Gasteiger partial charge in [-0.15, -0.1) is 11.6 Å². The molecule has 2 rings (SSSR count). The molecule has 1 aliphatic heterocycles. The van der Waals surface area contributed by atoms with E-state index in [0.29, 0.717) is 28.3 Å². The van der Waals surface area contributed by atoms with E-state index in [1.54, 1.807) is 7.11 Å².